The summed E-state index contributed by atoms with van der Waals surface area (Å²) in [5.74, 6) is -1.46. The lowest BCUT2D eigenvalue weighted by molar-refractivity contribution is -0.140. The predicted octanol–water partition coefficient (Wildman–Crippen LogP) is 3.10. The number of carbonyl (C=O) groups is 3. The van der Waals surface area contributed by atoms with E-state index in [-0.39, 0.29) is 10.9 Å². The van der Waals surface area contributed by atoms with Gasteiger partial charge < -0.3 is 15.2 Å². The third-order valence-electron chi connectivity index (χ3n) is 3.16. The Kier molecular flexibility index (Phi) is 7.96. The van der Waals surface area contributed by atoms with Gasteiger partial charge in [0.15, 0.2) is 0 Å². The molecule has 0 spiro atoms. The molecule has 0 fully saturated rings. The number of hydrogen-bond acceptors (Lipinski definition) is 5. The summed E-state index contributed by atoms with van der Waals surface area (Å²) in [4.78, 5) is 35.4. The maximum Gasteiger partial charge on any atom is 0.408 e. The van der Waals surface area contributed by atoms with Crippen LogP contribution >= 0.6 is 11.8 Å². The maximum absolute atomic E-state index is 12.5. The first kappa shape index (κ1) is 21.0. The fourth-order valence-corrected chi connectivity index (χ4v) is 2.77. The molecular formula is C18H25NO5S. The molecule has 1 amide bonds. The SMILES string of the molecule is CC(CSC(=O)[C@H](Cc1ccccc1)NC(=O)OC(C)(C)C)C(=O)O. The van der Waals surface area contributed by atoms with E-state index in [1.165, 1.54) is 6.92 Å². The smallest absolute Gasteiger partial charge is 0.408 e. The van der Waals surface area contributed by atoms with Crippen molar-refractivity contribution >= 4 is 28.9 Å². The highest BCUT2D eigenvalue weighted by atomic mass is 32.2. The number of amides is 1. The van der Waals surface area contributed by atoms with Crippen molar-refractivity contribution in [3.8, 4) is 0 Å². The topological polar surface area (TPSA) is 92.7 Å². The summed E-state index contributed by atoms with van der Waals surface area (Å²) in [6.45, 7) is 6.76. The van der Waals surface area contributed by atoms with Crippen molar-refractivity contribution in [2.24, 2.45) is 5.92 Å². The Labute approximate surface area is 152 Å². The molecule has 1 rings (SSSR count). The average Bonchev–Trinajstić information content (AvgIpc) is 2.50. The molecule has 1 unspecified atom stereocenters. The minimum atomic E-state index is -0.958. The lowest BCUT2D eigenvalue weighted by atomic mass is 10.1. The van der Waals surface area contributed by atoms with E-state index in [4.69, 9.17) is 9.84 Å². The summed E-state index contributed by atoms with van der Waals surface area (Å²) in [5.41, 5.74) is 0.221. The van der Waals surface area contributed by atoms with E-state index in [1.807, 2.05) is 30.3 Å². The average molecular weight is 367 g/mol. The molecule has 0 bridgehead atoms. The zero-order chi connectivity index (χ0) is 19.0. The minimum absolute atomic E-state index is 0.148. The zero-order valence-electron chi connectivity index (χ0n) is 14.9. The molecule has 2 N–H and O–H groups in total. The zero-order valence-corrected chi connectivity index (χ0v) is 15.8. The largest absolute Gasteiger partial charge is 0.481 e. The van der Waals surface area contributed by atoms with Crippen LogP contribution in [0.3, 0.4) is 0 Å². The number of carbonyl (C=O) groups excluding carboxylic acids is 2. The summed E-state index contributed by atoms with van der Waals surface area (Å²) in [7, 11) is 0. The Morgan fingerprint density at radius 2 is 1.80 bits per heavy atom. The van der Waals surface area contributed by atoms with Crippen LogP contribution in [-0.2, 0) is 20.7 Å². The van der Waals surface area contributed by atoms with Crippen LogP contribution < -0.4 is 5.32 Å². The number of benzene rings is 1. The Hall–Kier alpha value is -2.02. The van der Waals surface area contributed by atoms with Crippen molar-refractivity contribution in [2.75, 3.05) is 5.75 Å². The lowest BCUT2D eigenvalue weighted by Crippen LogP contribution is -2.44. The van der Waals surface area contributed by atoms with Crippen molar-refractivity contribution in [1.29, 1.82) is 0 Å². The highest BCUT2D eigenvalue weighted by molar-refractivity contribution is 8.13. The molecule has 2 atom stereocenters. The fourth-order valence-electron chi connectivity index (χ4n) is 1.87. The molecule has 0 saturated carbocycles. The van der Waals surface area contributed by atoms with Crippen molar-refractivity contribution in [3.05, 3.63) is 35.9 Å². The molecule has 0 aromatic heterocycles. The summed E-state index contributed by atoms with van der Waals surface area (Å²) in [6, 6.07) is 8.51. The van der Waals surface area contributed by atoms with Gasteiger partial charge in [-0.05, 0) is 26.3 Å². The number of ether oxygens (including phenoxy) is 1. The molecule has 7 heteroatoms. The first-order valence-corrected chi connectivity index (χ1v) is 9.00. The molecule has 0 aliphatic carbocycles. The third-order valence-corrected chi connectivity index (χ3v) is 4.39. The van der Waals surface area contributed by atoms with Crippen LogP contribution in [0.4, 0.5) is 4.79 Å². The highest BCUT2D eigenvalue weighted by Gasteiger charge is 2.26. The third kappa shape index (κ3) is 8.58. The Bertz CT molecular complexity index is 597. The fraction of sp³-hybridized carbons (Fsp3) is 0.500. The Morgan fingerprint density at radius 1 is 1.20 bits per heavy atom. The predicted molar refractivity (Wildman–Crippen MR) is 97.6 cm³/mol. The maximum atomic E-state index is 12.5. The van der Waals surface area contributed by atoms with E-state index in [0.717, 1.165) is 17.3 Å². The summed E-state index contributed by atoms with van der Waals surface area (Å²) in [6.07, 6.45) is -0.360. The van der Waals surface area contributed by atoms with Crippen LogP contribution in [0.15, 0.2) is 30.3 Å². The number of aliphatic carboxylic acids is 1. The molecule has 0 saturated heterocycles. The number of thioether (sulfide) groups is 1. The van der Waals surface area contributed by atoms with E-state index in [2.05, 4.69) is 5.32 Å². The van der Waals surface area contributed by atoms with Crippen LogP contribution in [0.2, 0.25) is 0 Å². The second kappa shape index (κ2) is 9.46. The van der Waals surface area contributed by atoms with Crippen molar-refractivity contribution in [1.82, 2.24) is 5.32 Å². The van der Waals surface area contributed by atoms with Crippen molar-refractivity contribution < 1.29 is 24.2 Å². The number of carboxylic acids is 1. The van der Waals surface area contributed by atoms with Crippen LogP contribution in [0.25, 0.3) is 0 Å². The van der Waals surface area contributed by atoms with E-state index in [1.54, 1.807) is 20.8 Å². The first-order chi connectivity index (χ1) is 11.6. The molecule has 6 nitrogen and oxygen atoms in total. The van der Waals surface area contributed by atoms with Crippen LogP contribution in [0.5, 0.6) is 0 Å². The molecule has 1 aromatic carbocycles. The van der Waals surface area contributed by atoms with E-state index in [0.29, 0.717) is 6.42 Å². The van der Waals surface area contributed by atoms with E-state index in [9.17, 15) is 14.4 Å². The van der Waals surface area contributed by atoms with Crippen molar-refractivity contribution in [3.63, 3.8) is 0 Å². The van der Waals surface area contributed by atoms with Gasteiger partial charge in [-0.1, -0.05) is 49.0 Å². The highest BCUT2D eigenvalue weighted by Crippen LogP contribution is 2.16. The Balaban J connectivity index is 2.77. The monoisotopic (exact) mass is 367 g/mol. The second-order valence-corrected chi connectivity index (χ2v) is 7.78. The molecule has 0 aliphatic rings. The van der Waals surface area contributed by atoms with Gasteiger partial charge in [-0.15, -0.1) is 0 Å². The summed E-state index contributed by atoms with van der Waals surface area (Å²) < 4.78 is 5.21. The van der Waals surface area contributed by atoms with E-state index < -0.39 is 29.6 Å². The van der Waals surface area contributed by atoms with Gasteiger partial charge in [0.05, 0.1) is 5.92 Å². The van der Waals surface area contributed by atoms with Gasteiger partial charge in [-0.2, -0.15) is 0 Å². The van der Waals surface area contributed by atoms with Gasteiger partial charge >= 0.3 is 12.1 Å². The standard InChI is InChI=1S/C18H25NO5S/c1-12(15(20)21)11-25-16(22)14(10-13-8-6-5-7-9-13)19-17(23)24-18(2,3)4/h5-9,12,14H,10-11H2,1-4H3,(H,19,23)(H,20,21)/t12?,14-/m0/s1. The quantitative estimate of drug-likeness (QED) is 0.769. The number of rotatable bonds is 7. The van der Waals surface area contributed by atoms with Gasteiger partial charge in [0, 0.05) is 12.2 Å². The van der Waals surface area contributed by atoms with E-state index >= 15 is 0 Å². The van der Waals surface area contributed by atoms with Gasteiger partial charge in [-0.25, -0.2) is 4.79 Å². The van der Waals surface area contributed by atoms with Gasteiger partial charge in [0.1, 0.15) is 11.6 Å². The molecule has 1 aromatic rings. The molecular weight excluding hydrogens is 342 g/mol. The molecule has 0 heterocycles. The molecule has 0 radical (unpaired) electrons. The normalized spacial score (nSPS) is 13.6. The number of carboxylic acid groups (broad SMARTS) is 1. The number of hydrogen-bond donors (Lipinski definition) is 2. The van der Waals surface area contributed by atoms with Crippen LogP contribution in [0, 0.1) is 5.92 Å². The van der Waals surface area contributed by atoms with Crippen LogP contribution in [-0.4, -0.2) is 39.7 Å². The lowest BCUT2D eigenvalue weighted by Gasteiger charge is -2.23. The number of alkyl carbamates (subject to hydrolysis) is 1. The summed E-state index contributed by atoms with van der Waals surface area (Å²) >= 11 is 0.910. The molecule has 138 valence electrons. The van der Waals surface area contributed by atoms with Gasteiger partial charge in [0.2, 0.25) is 5.12 Å². The molecule has 0 aliphatic heterocycles. The van der Waals surface area contributed by atoms with Gasteiger partial charge in [0.25, 0.3) is 0 Å². The molecule has 25 heavy (non-hydrogen) atoms. The van der Waals surface area contributed by atoms with Crippen LogP contribution in [0.1, 0.15) is 33.3 Å². The summed E-state index contributed by atoms with van der Waals surface area (Å²) in [5, 5.41) is 11.2. The second-order valence-electron chi connectivity index (χ2n) is 6.76. The first-order valence-electron chi connectivity index (χ1n) is 8.01. The minimum Gasteiger partial charge on any atom is -0.481 e. The number of nitrogens with one attached hydrogen (secondary N) is 1. The van der Waals surface area contributed by atoms with Gasteiger partial charge in [-0.3, -0.25) is 9.59 Å². The Morgan fingerprint density at radius 3 is 2.32 bits per heavy atom. The van der Waals surface area contributed by atoms with Crippen molar-refractivity contribution in [2.45, 2.75) is 45.8 Å².